The van der Waals surface area contributed by atoms with Crippen molar-refractivity contribution in [1.82, 2.24) is 5.32 Å². The van der Waals surface area contributed by atoms with Crippen LogP contribution in [0, 0.1) is 5.92 Å². The Hall–Kier alpha value is -1.22. The summed E-state index contributed by atoms with van der Waals surface area (Å²) in [4.78, 5) is 0. The van der Waals surface area contributed by atoms with Gasteiger partial charge in [-0.15, -0.1) is 0 Å². The highest BCUT2D eigenvalue weighted by Gasteiger charge is 2.52. The van der Waals surface area contributed by atoms with Crippen LogP contribution in [0.1, 0.15) is 31.7 Å². The van der Waals surface area contributed by atoms with Gasteiger partial charge in [0.25, 0.3) is 0 Å². The second-order valence-corrected chi connectivity index (χ2v) is 6.27. The van der Waals surface area contributed by atoms with Crippen molar-refractivity contribution in [2.24, 2.45) is 5.92 Å². The van der Waals surface area contributed by atoms with Gasteiger partial charge >= 0.3 is 0 Å². The summed E-state index contributed by atoms with van der Waals surface area (Å²) in [5, 5.41) is 3.70. The van der Waals surface area contributed by atoms with Gasteiger partial charge in [-0.1, -0.05) is 13.0 Å². The predicted molar refractivity (Wildman–Crippen MR) is 73.9 cm³/mol. The molecule has 2 fully saturated rings. The van der Waals surface area contributed by atoms with E-state index >= 15 is 0 Å². The molecule has 3 aliphatic rings. The fourth-order valence-corrected chi connectivity index (χ4v) is 3.21. The summed E-state index contributed by atoms with van der Waals surface area (Å²) in [6, 6.07) is 7.29. The van der Waals surface area contributed by atoms with Gasteiger partial charge in [-0.2, -0.15) is 0 Å². The minimum Gasteiger partial charge on any atom is -0.486 e. The molecule has 0 bridgehead atoms. The maximum atomic E-state index is 5.71. The van der Waals surface area contributed by atoms with Crippen LogP contribution in [0.5, 0.6) is 11.5 Å². The van der Waals surface area contributed by atoms with Gasteiger partial charge in [0.15, 0.2) is 11.5 Å². The van der Waals surface area contributed by atoms with Crippen LogP contribution in [0.2, 0.25) is 0 Å². The fourth-order valence-electron chi connectivity index (χ4n) is 3.21. The van der Waals surface area contributed by atoms with E-state index in [1.165, 1.54) is 24.8 Å². The van der Waals surface area contributed by atoms with E-state index in [0.29, 0.717) is 18.6 Å². The normalized spacial score (nSPS) is 32.2. The number of hydrogen-bond acceptors (Lipinski definition) is 3. The van der Waals surface area contributed by atoms with Crippen molar-refractivity contribution in [2.75, 3.05) is 19.8 Å². The molecule has 0 radical (unpaired) electrons. The lowest BCUT2D eigenvalue weighted by Crippen LogP contribution is -2.30. The van der Waals surface area contributed by atoms with Crippen LogP contribution in [0.15, 0.2) is 18.2 Å². The van der Waals surface area contributed by atoms with Gasteiger partial charge in [-0.25, -0.2) is 0 Å². The van der Waals surface area contributed by atoms with Crippen molar-refractivity contribution in [2.45, 2.75) is 37.6 Å². The van der Waals surface area contributed by atoms with Gasteiger partial charge in [-0.3, -0.25) is 0 Å². The third kappa shape index (κ3) is 2.00. The molecule has 1 aromatic carbocycles. The SMILES string of the molecule is CC1CC1(CNC1CC1)c1ccc2c(c1)OCCO2. The van der Waals surface area contributed by atoms with Crippen molar-refractivity contribution < 1.29 is 9.47 Å². The Morgan fingerprint density at radius 2 is 1.95 bits per heavy atom. The summed E-state index contributed by atoms with van der Waals surface area (Å²) in [7, 11) is 0. The molecule has 1 heterocycles. The Balaban J connectivity index is 1.59. The molecule has 19 heavy (non-hydrogen) atoms. The van der Waals surface area contributed by atoms with Crippen molar-refractivity contribution in [1.29, 1.82) is 0 Å². The van der Waals surface area contributed by atoms with E-state index in [1.807, 2.05) is 0 Å². The van der Waals surface area contributed by atoms with Gasteiger partial charge in [-0.05, 0) is 42.9 Å². The maximum absolute atomic E-state index is 5.71. The van der Waals surface area contributed by atoms with Gasteiger partial charge in [0, 0.05) is 18.0 Å². The van der Waals surface area contributed by atoms with E-state index in [1.54, 1.807) is 0 Å². The third-order valence-corrected chi connectivity index (χ3v) is 4.85. The van der Waals surface area contributed by atoms with E-state index in [-0.39, 0.29) is 0 Å². The van der Waals surface area contributed by atoms with E-state index in [2.05, 4.69) is 30.4 Å². The molecule has 0 aromatic heterocycles. The number of hydrogen-bond donors (Lipinski definition) is 1. The second kappa shape index (κ2) is 4.14. The van der Waals surface area contributed by atoms with Gasteiger partial charge in [0.05, 0.1) is 0 Å². The van der Waals surface area contributed by atoms with E-state index in [4.69, 9.17) is 9.47 Å². The lowest BCUT2D eigenvalue weighted by atomic mass is 9.93. The minimum absolute atomic E-state index is 0.332. The van der Waals surface area contributed by atoms with Crippen LogP contribution in [-0.2, 0) is 5.41 Å². The van der Waals surface area contributed by atoms with Crippen LogP contribution in [-0.4, -0.2) is 25.8 Å². The first-order valence-corrected chi connectivity index (χ1v) is 7.41. The largest absolute Gasteiger partial charge is 0.486 e. The summed E-state index contributed by atoms with van der Waals surface area (Å²) in [5.41, 5.74) is 1.75. The highest BCUT2D eigenvalue weighted by molar-refractivity contribution is 5.48. The molecule has 3 heteroatoms. The first kappa shape index (κ1) is 11.6. The fraction of sp³-hybridized carbons (Fsp3) is 0.625. The smallest absolute Gasteiger partial charge is 0.161 e. The molecule has 2 atom stereocenters. The molecule has 1 N–H and O–H groups in total. The highest BCUT2D eigenvalue weighted by atomic mass is 16.6. The molecule has 0 saturated heterocycles. The Morgan fingerprint density at radius 3 is 2.63 bits per heavy atom. The van der Waals surface area contributed by atoms with Crippen molar-refractivity contribution in [3.63, 3.8) is 0 Å². The molecule has 3 nitrogen and oxygen atoms in total. The summed E-state index contributed by atoms with van der Waals surface area (Å²) >= 11 is 0. The molecule has 0 spiro atoms. The van der Waals surface area contributed by atoms with Crippen LogP contribution in [0.25, 0.3) is 0 Å². The molecule has 1 aromatic rings. The number of benzene rings is 1. The van der Waals surface area contributed by atoms with Gasteiger partial charge in [0.2, 0.25) is 0 Å². The molecular formula is C16H21NO2. The monoisotopic (exact) mass is 259 g/mol. The van der Waals surface area contributed by atoms with Crippen LogP contribution in [0.4, 0.5) is 0 Å². The minimum atomic E-state index is 0.332. The lowest BCUT2D eigenvalue weighted by molar-refractivity contribution is 0.171. The molecule has 4 rings (SSSR count). The number of ether oxygens (including phenoxy) is 2. The zero-order chi connectivity index (χ0) is 12.9. The van der Waals surface area contributed by atoms with Crippen LogP contribution < -0.4 is 14.8 Å². The zero-order valence-corrected chi connectivity index (χ0v) is 11.4. The van der Waals surface area contributed by atoms with E-state index in [9.17, 15) is 0 Å². The van der Waals surface area contributed by atoms with Gasteiger partial charge in [0.1, 0.15) is 13.2 Å². The van der Waals surface area contributed by atoms with E-state index < -0.39 is 0 Å². The summed E-state index contributed by atoms with van der Waals surface area (Å²) in [6.45, 7) is 4.79. The maximum Gasteiger partial charge on any atom is 0.161 e. The lowest BCUT2D eigenvalue weighted by Gasteiger charge is -2.23. The van der Waals surface area contributed by atoms with Crippen molar-refractivity contribution in [3.8, 4) is 11.5 Å². The van der Waals surface area contributed by atoms with Crippen molar-refractivity contribution in [3.05, 3.63) is 23.8 Å². The van der Waals surface area contributed by atoms with Crippen molar-refractivity contribution >= 4 is 0 Å². The Morgan fingerprint density at radius 1 is 1.21 bits per heavy atom. The molecule has 102 valence electrons. The average molecular weight is 259 g/mol. The molecule has 2 unspecified atom stereocenters. The topological polar surface area (TPSA) is 30.5 Å². The summed E-state index contributed by atoms with van der Waals surface area (Å²) in [5.74, 6) is 2.59. The summed E-state index contributed by atoms with van der Waals surface area (Å²) < 4.78 is 11.3. The second-order valence-electron chi connectivity index (χ2n) is 6.27. The van der Waals surface area contributed by atoms with Crippen LogP contribution >= 0.6 is 0 Å². The number of rotatable bonds is 4. The Bertz CT molecular complexity index is 498. The zero-order valence-electron chi connectivity index (χ0n) is 11.4. The predicted octanol–water partition coefficient (Wildman–Crippen LogP) is 2.49. The standard InChI is InChI=1S/C16H21NO2/c1-11-9-16(11,10-17-13-3-4-13)12-2-5-14-15(8-12)19-7-6-18-14/h2,5,8,11,13,17H,3-4,6-7,9-10H2,1H3. The highest BCUT2D eigenvalue weighted by Crippen LogP contribution is 2.55. The number of nitrogens with one attached hydrogen (secondary N) is 1. The molecule has 0 amide bonds. The molecular weight excluding hydrogens is 238 g/mol. The average Bonchev–Trinajstić information content (AvgIpc) is 3.34. The summed E-state index contributed by atoms with van der Waals surface area (Å²) in [6.07, 6.45) is 3.99. The molecule has 2 aliphatic carbocycles. The van der Waals surface area contributed by atoms with Gasteiger partial charge < -0.3 is 14.8 Å². The first-order valence-electron chi connectivity index (χ1n) is 7.41. The van der Waals surface area contributed by atoms with Crippen LogP contribution in [0.3, 0.4) is 0 Å². The Labute approximate surface area is 114 Å². The first-order chi connectivity index (χ1) is 9.28. The quantitative estimate of drug-likeness (QED) is 0.901. The molecule has 2 saturated carbocycles. The molecule has 1 aliphatic heterocycles. The number of fused-ring (bicyclic) bond motifs is 1. The van der Waals surface area contributed by atoms with E-state index in [0.717, 1.165) is 30.0 Å². The Kier molecular flexibility index (Phi) is 2.52. The third-order valence-electron chi connectivity index (χ3n) is 4.85.